The van der Waals surface area contributed by atoms with Crippen LogP contribution >= 0.6 is 0 Å². The van der Waals surface area contributed by atoms with Crippen LogP contribution in [0.15, 0.2) is 35.4 Å². The molecule has 7 nitrogen and oxygen atoms in total. The van der Waals surface area contributed by atoms with Gasteiger partial charge in [0.1, 0.15) is 11.4 Å². The summed E-state index contributed by atoms with van der Waals surface area (Å²) in [5, 5.41) is 7.89. The summed E-state index contributed by atoms with van der Waals surface area (Å²) in [4.78, 5) is 12.3. The van der Waals surface area contributed by atoms with Crippen molar-refractivity contribution in [1.82, 2.24) is 29.9 Å². The second-order valence-electron chi connectivity index (χ2n) is 3.35. The molecule has 0 amide bonds. The summed E-state index contributed by atoms with van der Waals surface area (Å²) in [7, 11) is 1.81. The van der Waals surface area contributed by atoms with Gasteiger partial charge in [-0.1, -0.05) is 5.16 Å². The van der Waals surface area contributed by atoms with E-state index < -0.39 is 0 Å². The molecule has 0 saturated carbocycles. The van der Waals surface area contributed by atoms with Gasteiger partial charge >= 0.3 is 0 Å². The van der Waals surface area contributed by atoms with E-state index >= 15 is 0 Å². The predicted molar refractivity (Wildman–Crippen MR) is 57.5 cm³/mol. The molecule has 0 bridgehead atoms. The van der Waals surface area contributed by atoms with Crippen LogP contribution in [0.1, 0.15) is 0 Å². The van der Waals surface area contributed by atoms with Crippen molar-refractivity contribution in [2.24, 2.45) is 7.05 Å². The van der Waals surface area contributed by atoms with Gasteiger partial charge in [-0.15, -0.1) is 0 Å². The van der Waals surface area contributed by atoms with Crippen molar-refractivity contribution in [1.29, 1.82) is 0 Å². The van der Waals surface area contributed by atoms with Gasteiger partial charge in [-0.2, -0.15) is 10.1 Å². The molecule has 0 aliphatic heterocycles. The monoisotopic (exact) mass is 228 g/mol. The third-order valence-electron chi connectivity index (χ3n) is 2.26. The Labute approximate surface area is 96.1 Å². The molecule has 3 aromatic heterocycles. The van der Waals surface area contributed by atoms with E-state index in [2.05, 4.69) is 25.2 Å². The van der Waals surface area contributed by atoms with Crippen molar-refractivity contribution in [2.75, 3.05) is 0 Å². The molecule has 0 fully saturated rings. The number of nitrogens with zero attached hydrogens (tertiary/aromatic N) is 6. The first-order valence-corrected chi connectivity index (χ1v) is 4.93. The maximum absolute atomic E-state index is 5.15. The Morgan fingerprint density at radius 1 is 1.24 bits per heavy atom. The van der Waals surface area contributed by atoms with Crippen molar-refractivity contribution in [3.05, 3.63) is 30.9 Å². The zero-order valence-corrected chi connectivity index (χ0v) is 8.98. The van der Waals surface area contributed by atoms with Crippen LogP contribution in [0.5, 0.6) is 0 Å². The van der Waals surface area contributed by atoms with E-state index in [4.69, 9.17) is 4.52 Å². The fourth-order valence-electron chi connectivity index (χ4n) is 1.43. The van der Waals surface area contributed by atoms with E-state index in [-0.39, 0.29) is 0 Å². The Bertz CT molecular complexity index is 629. The molecular weight excluding hydrogens is 220 g/mol. The lowest BCUT2D eigenvalue weighted by atomic mass is 10.4. The van der Waals surface area contributed by atoms with Gasteiger partial charge in [0.15, 0.2) is 0 Å². The average Bonchev–Trinajstić information content (AvgIpc) is 2.98. The highest BCUT2D eigenvalue weighted by molar-refractivity contribution is 5.53. The van der Waals surface area contributed by atoms with Gasteiger partial charge in [0, 0.05) is 25.6 Å². The zero-order valence-electron chi connectivity index (χ0n) is 8.98. The standard InChI is InChI=1S/C10H8N6O/c1-16-8(2-3-13-16)10-14-9(15-17-10)7-6-11-4-5-12-7/h2-6H,1H3. The molecule has 0 saturated heterocycles. The number of rotatable bonds is 2. The molecular formula is C10H8N6O. The van der Waals surface area contributed by atoms with E-state index in [1.54, 1.807) is 35.5 Å². The quantitative estimate of drug-likeness (QED) is 0.648. The lowest BCUT2D eigenvalue weighted by Crippen LogP contribution is -1.93. The van der Waals surface area contributed by atoms with Crippen LogP contribution in [-0.4, -0.2) is 29.9 Å². The fourth-order valence-corrected chi connectivity index (χ4v) is 1.43. The summed E-state index contributed by atoms with van der Waals surface area (Å²) in [6, 6.07) is 1.80. The van der Waals surface area contributed by atoms with E-state index in [1.165, 1.54) is 0 Å². The summed E-state index contributed by atoms with van der Waals surface area (Å²) in [5.41, 5.74) is 1.33. The lowest BCUT2D eigenvalue weighted by molar-refractivity contribution is 0.428. The maximum atomic E-state index is 5.15. The van der Waals surface area contributed by atoms with Crippen LogP contribution in [0.25, 0.3) is 23.1 Å². The number of aromatic nitrogens is 6. The molecule has 84 valence electrons. The molecule has 0 N–H and O–H groups in total. The molecule has 0 atom stereocenters. The highest BCUT2D eigenvalue weighted by Gasteiger charge is 2.13. The molecule has 0 aliphatic carbocycles. The Hall–Kier alpha value is -2.57. The van der Waals surface area contributed by atoms with Crippen LogP contribution in [0.3, 0.4) is 0 Å². The first kappa shape index (κ1) is 9.64. The molecule has 0 unspecified atom stereocenters. The molecule has 3 heterocycles. The average molecular weight is 228 g/mol. The van der Waals surface area contributed by atoms with Crippen molar-refractivity contribution in [3.63, 3.8) is 0 Å². The van der Waals surface area contributed by atoms with E-state index in [0.717, 1.165) is 5.69 Å². The summed E-state index contributed by atoms with van der Waals surface area (Å²) in [6.45, 7) is 0. The molecule has 7 heteroatoms. The second kappa shape index (κ2) is 3.78. The molecule has 0 aliphatic rings. The Balaban J connectivity index is 2.02. The highest BCUT2D eigenvalue weighted by Crippen LogP contribution is 2.19. The Morgan fingerprint density at radius 3 is 2.88 bits per heavy atom. The van der Waals surface area contributed by atoms with Crippen molar-refractivity contribution in [3.8, 4) is 23.1 Å². The largest absolute Gasteiger partial charge is 0.332 e. The van der Waals surface area contributed by atoms with Gasteiger partial charge in [-0.3, -0.25) is 9.67 Å². The normalized spacial score (nSPS) is 10.6. The number of hydrogen-bond acceptors (Lipinski definition) is 6. The molecule has 3 rings (SSSR count). The van der Waals surface area contributed by atoms with E-state index in [9.17, 15) is 0 Å². The zero-order chi connectivity index (χ0) is 11.7. The van der Waals surface area contributed by atoms with E-state index in [1.807, 2.05) is 7.05 Å². The number of hydrogen-bond donors (Lipinski definition) is 0. The van der Waals surface area contributed by atoms with Gasteiger partial charge in [-0.05, 0) is 6.07 Å². The molecule has 0 spiro atoms. The Morgan fingerprint density at radius 2 is 2.18 bits per heavy atom. The smallest absolute Gasteiger partial charge is 0.276 e. The highest BCUT2D eigenvalue weighted by atomic mass is 16.5. The van der Waals surface area contributed by atoms with Crippen LogP contribution in [-0.2, 0) is 7.05 Å². The molecule has 0 radical (unpaired) electrons. The molecule has 3 aromatic rings. The summed E-state index contributed by atoms with van der Waals surface area (Å²) in [5.74, 6) is 0.819. The van der Waals surface area contributed by atoms with Crippen molar-refractivity contribution < 1.29 is 4.52 Å². The van der Waals surface area contributed by atoms with Crippen molar-refractivity contribution in [2.45, 2.75) is 0 Å². The van der Waals surface area contributed by atoms with Crippen LogP contribution < -0.4 is 0 Å². The van der Waals surface area contributed by atoms with Gasteiger partial charge in [-0.25, -0.2) is 4.98 Å². The van der Waals surface area contributed by atoms with Crippen LogP contribution in [0.2, 0.25) is 0 Å². The van der Waals surface area contributed by atoms with E-state index in [0.29, 0.717) is 17.4 Å². The second-order valence-corrected chi connectivity index (χ2v) is 3.35. The van der Waals surface area contributed by atoms with Gasteiger partial charge in [0.2, 0.25) is 5.82 Å². The minimum Gasteiger partial charge on any atom is -0.332 e. The predicted octanol–water partition coefficient (Wildman–Crippen LogP) is 0.927. The SMILES string of the molecule is Cn1nccc1-c1nc(-c2cnccn2)no1. The summed E-state index contributed by atoms with van der Waals surface area (Å²) < 4.78 is 6.82. The fraction of sp³-hybridized carbons (Fsp3) is 0.100. The minimum atomic E-state index is 0.408. The summed E-state index contributed by atoms with van der Waals surface area (Å²) in [6.07, 6.45) is 6.42. The first-order chi connectivity index (χ1) is 8.34. The topological polar surface area (TPSA) is 82.5 Å². The maximum Gasteiger partial charge on any atom is 0.276 e. The van der Waals surface area contributed by atoms with Gasteiger partial charge < -0.3 is 4.52 Å². The lowest BCUT2D eigenvalue weighted by Gasteiger charge is -1.92. The van der Waals surface area contributed by atoms with Crippen molar-refractivity contribution >= 4 is 0 Å². The third kappa shape index (κ3) is 1.67. The Kier molecular flexibility index (Phi) is 2.14. The molecule has 0 aromatic carbocycles. The third-order valence-corrected chi connectivity index (χ3v) is 2.26. The molecule has 17 heavy (non-hydrogen) atoms. The van der Waals surface area contributed by atoms with Gasteiger partial charge in [0.25, 0.3) is 5.89 Å². The first-order valence-electron chi connectivity index (χ1n) is 4.93. The number of aryl methyl sites for hydroxylation is 1. The van der Waals surface area contributed by atoms with Gasteiger partial charge in [0.05, 0.1) is 6.20 Å². The van der Waals surface area contributed by atoms with Crippen LogP contribution in [0.4, 0.5) is 0 Å². The van der Waals surface area contributed by atoms with Crippen LogP contribution in [0, 0.1) is 0 Å². The summed E-state index contributed by atoms with van der Waals surface area (Å²) >= 11 is 0. The minimum absolute atomic E-state index is 0.408.